The van der Waals surface area contributed by atoms with Crippen molar-refractivity contribution in [2.45, 2.75) is 25.2 Å². The van der Waals surface area contributed by atoms with Crippen molar-refractivity contribution in [2.75, 3.05) is 25.6 Å². The molecule has 0 aliphatic carbocycles. The standard InChI is InChI=1S/C14H22N2OS/c1-5-10(2)9-18-13-8-11(15)6-7-12(13)14(17)16(3)4/h6-8,10H,5,9,15H2,1-4H3. The van der Waals surface area contributed by atoms with Crippen molar-refractivity contribution in [3.05, 3.63) is 23.8 Å². The van der Waals surface area contributed by atoms with Gasteiger partial charge >= 0.3 is 0 Å². The van der Waals surface area contributed by atoms with Crippen LogP contribution in [0.2, 0.25) is 0 Å². The molecular formula is C14H22N2OS. The van der Waals surface area contributed by atoms with Crippen molar-refractivity contribution in [1.29, 1.82) is 0 Å². The van der Waals surface area contributed by atoms with E-state index in [1.54, 1.807) is 36.8 Å². The molecule has 0 aromatic heterocycles. The Labute approximate surface area is 114 Å². The lowest BCUT2D eigenvalue weighted by atomic mass is 10.2. The Balaban J connectivity index is 2.93. The van der Waals surface area contributed by atoms with Crippen LogP contribution in [0.15, 0.2) is 23.1 Å². The Hall–Kier alpha value is -1.16. The number of anilines is 1. The number of benzene rings is 1. The van der Waals surface area contributed by atoms with Crippen molar-refractivity contribution >= 4 is 23.4 Å². The van der Waals surface area contributed by atoms with Crippen LogP contribution in [0.1, 0.15) is 30.6 Å². The third-order valence-electron chi connectivity index (χ3n) is 2.86. The first-order valence-corrected chi connectivity index (χ1v) is 7.18. The molecule has 1 unspecified atom stereocenters. The molecule has 0 aliphatic heterocycles. The number of nitrogens with two attached hydrogens (primary N) is 1. The van der Waals surface area contributed by atoms with Gasteiger partial charge < -0.3 is 10.6 Å². The highest BCUT2D eigenvalue weighted by molar-refractivity contribution is 7.99. The lowest BCUT2D eigenvalue weighted by Gasteiger charge is -2.15. The molecule has 0 saturated heterocycles. The molecule has 0 bridgehead atoms. The summed E-state index contributed by atoms with van der Waals surface area (Å²) in [5.41, 5.74) is 7.25. The van der Waals surface area contributed by atoms with Crippen LogP contribution in [-0.4, -0.2) is 30.7 Å². The van der Waals surface area contributed by atoms with Crippen LogP contribution in [0.25, 0.3) is 0 Å². The van der Waals surface area contributed by atoms with Crippen molar-refractivity contribution in [1.82, 2.24) is 4.90 Å². The molecule has 0 fully saturated rings. The smallest absolute Gasteiger partial charge is 0.254 e. The maximum atomic E-state index is 12.1. The first-order valence-electron chi connectivity index (χ1n) is 6.19. The zero-order chi connectivity index (χ0) is 13.7. The highest BCUT2D eigenvalue weighted by Crippen LogP contribution is 2.28. The zero-order valence-corrected chi connectivity index (χ0v) is 12.4. The molecule has 100 valence electrons. The fraction of sp³-hybridized carbons (Fsp3) is 0.500. The molecule has 4 heteroatoms. The first kappa shape index (κ1) is 14.9. The van der Waals surface area contributed by atoms with Crippen LogP contribution in [0.3, 0.4) is 0 Å². The minimum atomic E-state index is 0.0293. The van der Waals surface area contributed by atoms with Crippen molar-refractivity contribution in [2.24, 2.45) is 5.92 Å². The monoisotopic (exact) mass is 266 g/mol. The summed E-state index contributed by atoms with van der Waals surface area (Å²) in [5.74, 6) is 1.67. The number of hydrogen-bond acceptors (Lipinski definition) is 3. The predicted octanol–water partition coefficient (Wildman–Crippen LogP) is 3.11. The molecule has 0 saturated carbocycles. The lowest BCUT2D eigenvalue weighted by molar-refractivity contribution is 0.0824. The molecule has 0 spiro atoms. The van der Waals surface area contributed by atoms with Crippen molar-refractivity contribution in [3.63, 3.8) is 0 Å². The second kappa shape index (κ2) is 6.69. The maximum Gasteiger partial charge on any atom is 0.254 e. The molecular weight excluding hydrogens is 244 g/mol. The van der Waals surface area contributed by atoms with Gasteiger partial charge in [-0.2, -0.15) is 0 Å². The van der Waals surface area contributed by atoms with Crippen LogP contribution in [0.5, 0.6) is 0 Å². The second-order valence-corrected chi connectivity index (χ2v) is 5.84. The number of nitrogen functional groups attached to an aromatic ring is 1. The molecule has 3 nitrogen and oxygen atoms in total. The molecule has 0 heterocycles. The number of nitrogens with zero attached hydrogens (tertiary/aromatic N) is 1. The van der Waals surface area contributed by atoms with Crippen LogP contribution in [-0.2, 0) is 0 Å². The van der Waals surface area contributed by atoms with Crippen LogP contribution in [0, 0.1) is 5.92 Å². The molecule has 1 aromatic rings. The van der Waals surface area contributed by atoms with E-state index in [9.17, 15) is 4.79 Å². The van der Waals surface area contributed by atoms with E-state index in [-0.39, 0.29) is 5.91 Å². The van der Waals surface area contributed by atoms with E-state index in [1.807, 2.05) is 12.1 Å². The van der Waals surface area contributed by atoms with Gasteiger partial charge in [0.1, 0.15) is 0 Å². The van der Waals surface area contributed by atoms with E-state index in [4.69, 9.17) is 5.73 Å². The Bertz CT molecular complexity index is 418. The Kier molecular flexibility index (Phi) is 5.54. The molecule has 1 aromatic carbocycles. The van der Waals surface area contributed by atoms with Gasteiger partial charge in [-0.25, -0.2) is 0 Å². The van der Waals surface area contributed by atoms with E-state index in [0.29, 0.717) is 11.6 Å². The normalized spacial score (nSPS) is 12.2. The van der Waals surface area contributed by atoms with Crippen LogP contribution < -0.4 is 5.73 Å². The maximum absolute atomic E-state index is 12.1. The number of thioether (sulfide) groups is 1. The Morgan fingerprint density at radius 1 is 1.44 bits per heavy atom. The van der Waals surface area contributed by atoms with E-state index in [1.165, 1.54) is 0 Å². The highest BCUT2D eigenvalue weighted by Gasteiger charge is 2.14. The molecule has 18 heavy (non-hydrogen) atoms. The number of carbonyl (C=O) groups excluding carboxylic acids is 1. The van der Waals surface area contributed by atoms with E-state index >= 15 is 0 Å². The van der Waals surface area contributed by atoms with Crippen LogP contribution in [0.4, 0.5) is 5.69 Å². The summed E-state index contributed by atoms with van der Waals surface area (Å²) in [5, 5.41) is 0. The average Bonchev–Trinajstić information content (AvgIpc) is 2.35. The molecule has 2 N–H and O–H groups in total. The predicted molar refractivity (Wildman–Crippen MR) is 79.1 cm³/mol. The van der Waals surface area contributed by atoms with Gasteiger partial charge in [0.2, 0.25) is 0 Å². The molecule has 0 aliphatic rings. The average molecular weight is 266 g/mol. The Morgan fingerprint density at radius 3 is 2.67 bits per heavy atom. The van der Waals surface area contributed by atoms with Gasteiger partial charge in [-0.1, -0.05) is 20.3 Å². The van der Waals surface area contributed by atoms with E-state index in [2.05, 4.69) is 13.8 Å². The topological polar surface area (TPSA) is 46.3 Å². The summed E-state index contributed by atoms with van der Waals surface area (Å²) < 4.78 is 0. The molecule has 1 amide bonds. The van der Waals surface area contributed by atoms with Gasteiger partial charge in [0.25, 0.3) is 5.91 Å². The summed E-state index contributed by atoms with van der Waals surface area (Å²) >= 11 is 1.71. The van der Waals surface area contributed by atoms with Gasteiger partial charge in [-0.3, -0.25) is 4.79 Å². The summed E-state index contributed by atoms with van der Waals surface area (Å²) in [7, 11) is 3.53. The third kappa shape index (κ3) is 3.95. The fourth-order valence-electron chi connectivity index (χ4n) is 1.43. The summed E-state index contributed by atoms with van der Waals surface area (Å²) in [6.45, 7) is 4.39. The minimum absolute atomic E-state index is 0.0293. The summed E-state index contributed by atoms with van der Waals surface area (Å²) in [6, 6.07) is 5.49. The van der Waals surface area contributed by atoms with Crippen molar-refractivity contribution < 1.29 is 4.79 Å². The minimum Gasteiger partial charge on any atom is -0.399 e. The SMILES string of the molecule is CCC(C)CSc1cc(N)ccc1C(=O)N(C)C. The number of carbonyl (C=O) groups is 1. The van der Waals surface area contributed by atoms with Crippen LogP contribution >= 0.6 is 11.8 Å². The number of rotatable bonds is 5. The highest BCUT2D eigenvalue weighted by atomic mass is 32.2. The van der Waals surface area contributed by atoms with Gasteiger partial charge in [0.05, 0.1) is 5.56 Å². The Morgan fingerprint density at radius 2 is 2.11 bits per heavy atom. The molecule has 0 radical (unpaired) electrons. The van der Waals surface area contributed by atoms with Gasteiger partial charge in [0.15, 0.2) is 0 Å². The number of amides is 1. The number of hydrogen-bond donors (Lipinski definition) is 1. The summed E-state index contributed by atoms with van der Waals surface area (Å²) in [4.78, 5) is 14.6. The largest absolute Gasteiger partial charge is 0.399 e. The zero-order valence-electron chi connectivity index (χ0n) is 11.6. The van der Waals surface area contributed by atoms with Gasteiger partial charge in [0, 0.05) is 30.4 Å². The van der Waals surface area contributed by atoms with Gasteiger partial charge in [-0.15, -0.1) is 11.8 Å². The second-order valence-electron chi connectivity index (χ2n) is 4.78. The van der Waals surface area contributed by atoms with Crippen molar-refractivity contribution in [3.8, 4) is 0 Å². The first-order chi connectivity index (χ1) is 8.45. The summed E-state index contributed by atoms with van der Waals surface area (Å²) in [6.07, 6.45) is 1.15. The van der Waals surface area contributed by atoms with Gasteiger partial charge in [-0.05, 0) is 24.1 Å². The molecule has 1 atom stereocenters. The molecule has 1 rings (SSSR count). The van der Waals surface area contributed by atoms with E-state index in [0.717, 1.165) is 22.6 Å². The third-order valence-corrected chi connectivity index (χ3v) is 4.25. The fourth-order valence-corrected chi connectivity index (χ4v) is 2.66. The lowest BCUT2D eigenvalue weighted by Crippen LogP contribution is -2.22. The van der Waals surface area contributed by atoms with E-state index < -0.39 is 0 Å². The quantitative estimate of drug-likeness (QED) is 0.658.